The van der Waals surface area contributed by atoms with E-state index in [2.05, 4.69) is 21.3 Å². The van der Waals surface area contributed by atoms with Gasteiger partial charge in [-0.1, -0.05) is 0 Å². The zero-order valence-corrected chi connectivity index (χ0v) is 16.3. The van der Waals surface area contributed by atoms with E-state index in [-0.39, 0.29) is 11.8 Å². The summed E-state index contributed by atoms with van der Waals surface area (Å²) in [5, 5.41) is 14.2. The molecule has 1 aromatic carbocycles. The zero-order valence-electron chi connectivity index (χ0n) is 15.5. The van der Waals surface area contributed by atoms with E-state index in [0.29, 0.717) is 24.8 Å². The van der Waals surface area contributed by atoms with E-state index in [1.807, 2.05) is 23.6 Å². The third kappa shape index (κ3) is 4.26. The fourth-order valence-corrected chi connectivity index (χ4v) is 4.22. The molecule has 2 aromatic rings. The van der Waals surface area contributed by atoms with Crippen molar-refractivity contribution < 1.29 is 14.3 Å². The van der Waals surface area contributed by atoms with Gasteiger partial charge in [0.2, 0.25) is 5.91 Å². The number of nitrogens with one attached hydrogen (secondary N) is 1. The smallest absolute Gasteiger partial charge is 0.229 e. The van der Waals surface area contributed by atoms with Crippen LogP contribution in [-0.2, 0) is 4.79 Å². The number of nitrogens with zero attached hydrogens (tertiary/aromatic N) is 3. The van der Waals surface area contributed by atoms with Gasteiger partial charge in [0.05, 0.1) is 11.8 Å². The Morgan fingerprint density at radius 2 is 2.07 bits per heavy atom. The second-order valence-corrected chi connectivity index (χ2v) is 7.77. The lowest BCUT2D eigenvalue weighted by Gasteiger charge is -2.30. The second-order valence-electron chi connectivity index (χ2n) is 6.91. The van der Waals surface area contributed by atoms with Gasteiger partial charge in [0.1, 0.15) is 13.2 Å². The lowest BCUT2D eigenvalue weighted by Crippen LogP contribution is -2.38. The van der Waals surface area contributed by atoms with E-state index in [9.17, 15) is 4.79 Å². The first-order valence-corrected chi connectivity index (χ1v) is 10.4. The number of hydrogen-bond donors (Lipinski definition) is 1. The largest absolute Gasteiger partial charge is 0.486 e. The van der Waals surface area contributed by atoms with Crippen LogP contribution in [0.5, 0.6) is 11.5 Å². The number of amides is 1. The van der Waals surface area contributed by atoms with E-state index in [1.165, 1.54) is 11.3 Å². The number of carbonyl (C=O) groups excluding carboxylic acids is 1. The van der Waals surface area contributed by atoms with Crippen LogP contribution < -0.4 is 14.8 Å². The average Bonchev–Trinajstić information content (AvgIpc) is 3.20. The molecule has 0 spiro atoms. The molecular formula is C20H22N4O3S. The van der Waals surface area contributed by atoms with E-state index >= 15 is 0 Å². The Kier molecular flexibility index (Phi) is 5.74. The summed E-state index contributed by atoms with van der Waals surface area (Å²) < 4.78 is 11.2. The van der Waals surface area contributed by atoms with Crippen molar-refractivity contribution in [1.82, 2.24) is 9.88 Å². The molecule has 1 N–H and O–H groups in total. The maximum Gasteiger partial charge on any atom is 0.229 e. The number of anilines is 1. The molecular weight excluding hydrogens is 376 g/mol. The minimum atomic E-state index is -0.0000194. The van der Waals surface area contributed by atoms with Crippen LogP contribution in [-0.4, -0.2) is 48.6 Å². The van der Waals surface area contributed by atoms with Gasteiger partial charge in [-0.05, 0) is 44.1 Å². The first kappa shape index (κ1) is 18.7. The summed E-state index contributed by atoms with van der Waals surface area (Å²) in [4.78, 5) is 19.4. The maximum atomic E-state index is 12.6. The third-order valence-corrected chi connectivity index (χ3v) is 5.83. The van der Waals surface area contributed by atoms with Crippen LogP contribution in [0.1, 0.15) is 19.3 Å². The lowest BCUT2D eigenvalue weighted by molar-refractivity contribution is -0.121. The van der Waals surface area contributed by atoms with Gasteiger partial charge < -0.3 is 19.7 Å². The Hall–Kier alpha value is -2.63. The lowest BCUT2D eigenvalue weighted by atomic mass is 9.96. The molecule has 3 heterocycles. The molecule has 1 fully saturated rings. The van der Waals surface area contributed by atoms with Gasteiger partial charge in [-0.3, -0.25) is 4.79 Å². The number of hydrogen-bond acceptors (Lipinski definition) is 7. The molecule has 2 aliphatic rings. The van der Waals surface area contributed by atoms with Crippen LogP contribution >= 0.6 is 11.3 Å². The molecule has 2 aliphatic heterocycles. The molecule has 4 rings (SSSR count). The molecule has 0 radical (unpaired) electrons. The summed E-state index contributed by atoms with van der Waals surface area (Å²) in [5.74, 6) is 1.51. The Morgan fingerprint density at radius 1 is 1.29 bits per heavy atom. The van der Waals surface area contributed by atoms with E-state index < -0.39 is 0 Å². The van der Waals surface area contributed by atoms with E-state index in [1.54, 1.807) is 0 Å². The topological polar surface area (TPSA) is 87.5 Å². The maximum absolute atomic E-state index is 12.6. The van der Waals surface area contributed by atoms with Crippen LogP contribution in [0.3, 0.4) is 0 Å². The number of likely N-dealkylation sites (tertiary alicyclic amines) is 1. The highest BCUT2D eigenvalue weighted by Crippen LogP contribution is 2.35. The van der Waals surface area contributed by atoms with Gasteiger partial charge in [-0.2, -0.15) is 5.26 Å². The fraction of sp³-hybridized carbons (Fsp3) is 0.450. The number of fused-ring (bicyclic) bond motifs is 1. The Morgan fingerprint density at radius 3 is 2.86 bits per heavy atom. The Balaban J connectivity index is 1.35. The molecule has 0 aliphatic carbocycles. The van der Waals surface area contributed by atoms with Crippen molar-refractivity contribution >= 4 is 22.4 Å². The van der Waals surface area contributed by atoms with Crippen LogP contribution in [0, 0.1) is 17.2 Å². The van der Waals surface area contributed by atoms with Gasteiger partial charge in [0, 0.05) is 29.8 Å². The van der Waals surface area contributed by atoms with Crippen molar-refractivity contribution in [2.24, 2.45) is 5.92 Å². The van der Waals surface area contributed by atoms with Crippen LogP contribution in [0.4, 0.5) is 5.13 Å². The van der Waals surface area contributed by atoms with Gasteiger partial charge >= 0.3 is 0 Å². The number of nitriles is 1. The number of carbonyl (C=O) groups is 1. The number of ether oxygens (including phenoxy) is 2. The van der Waals surface area contributed by atoms with Crippen molar-refractivity contribution in [3.05, 3.63) is 23.6 Å². The normalized spacial score (nSPS) is 17.1. The van der Waals surface area contributed by atoms with Gasteiger partial charge in [0.25, 0.3) is 0 Å². The Bertz CT molecular complexity index is 884. The minimum Gasteiger partial charge on any atom is -0.486 e. The van der Waals surface area contributed by atoms with Gasteiger partial charge in [-0.15, -0.1) is 11.3 Å². The standard InChI is InChI=1S/C20H22N4O3S/c21-6-1-7-24-8-4-14(5-9-24)19(25)23-20-22-16(13-28-20)15-2-3-17-18(12-15)27-11-10-26-17/h2-3,12-14H,1,4-5,7-11H2,(H,22,23,25). The highest BCUT2D eigenvalue weighted by atomic mass is 32.1. The predicted molar refractivity (Wildman–Crippen MR) is 107 cm³/mol. The van der Waals surface area contributed by atoms with Crippen molar-refractivity contribution in [2.75, 3.05) is 38.2 Å². The second kappa shape index (κ2) is 8.59. The summed E-state index contributed by atoms with van der Waals surface area (Å²) in [5.41, 5.74) is 1.75. The minimum absolute atomic E-state index is 0.0000194. The third-order valence-electron chi connectivity index (χ3n) is 5.07. The molecule has 0 atom stereocenters. The van der Waals surface area contributed by atoms with Crippen molar-refractivity contribution in [1.29, 1.82) is 5.26 Å². The molecule has 0 unspecified atom stereocenters. The summed E-state index contributed by atoms with van der Waals surface area (Å²) in [6, 6.07) is 7.93. The highest BCUT2D eigenvalue weighted by molar-refractivity contribution is 7.14. The zero-order chi connectivity index (χ0) is 19.3. The molecule has 1 saturated heterocycles. The number of benzene rings is 1. The summed E-state index contributed by atoms with van der Waals surface area (Å²) in [7, 11) is 0. The number of aromatic nitrogens is 1. The van der Waals surface area contributed by atoms with Gasteiger partial charge in [0.15, 0.2) is 16.6 Å². The van der Waals surface area contributed by atoms with E-state index in [0.717, 1.165) is 55.2 Å². The molecule has 0 saturated carbocycles. The average molecular weight is 398 g/mol. The fourth-order valence-electron chi connectivity index (χ4n) is 3.50. The van der Waals surface area contributed by atoms with E-state index in [4.69, 9.17) is 14.7 Å². The molecule has 1 aromatic heterocycles. The van der Waals surface area contributed by atoms with Crippen molar-refractivity contribution in [3.63, 3.8) is 0 Å². The van der Waals surface area contributed by atoms with Crippen LogP contribution in [0.25, 0.3) is 11.3 Å². The summed E-state index contributed by atoms with van der Waals surface area (Å²) >= 11 is 1.42. The predicted octanol–water partition coefficient (Wildman–Crippen LogP) is 3.15. The highest BCUT2D eigenvalue weighted by Gasteiger charge is 2.25. The Labute approximate surface area is 167 Å². The number of piperidine rings is 1. The molecule has 1 amide bonds. The number of thiazole rings is 1. The van der Waals surface area contributed by atoms with Crippen molar-refractivity contribution in [3.8, 4) is 28.8 Å². The summed E-state index contributed by atoms with van der Waals surface area (Å²) in [6.45, 7) is 3.62. The molecule has 7 nitrogen and oxygen atoms in total. The molecule has 28 heavy (non-hydrogen) atoms. The number of rotatable bonds is 5. The monoisotopic (exact) mass is 398 g/mol. The first-order valence-electron chi connectivity index (χ1n) is 9.48. The van der Waals surface area contributed by atoms with Crippen molar-refractivity contribution in [2.45, 2.75) is 19.3 Å². The molecule has 0 bridgehead atoms. The first-order chi connectivity index (χ1) is 13.7. The van der Waals surface area contributed by atoms with Gasteiger partial charge in [-0.25, -0.2) is 4.98 Å². The molecule has 8 heteroatoms. The molecule has 146 valence electrons. The van der Waals surface area contributed by atoms with Crippen LogP contribution in [0.2, 0.25) is 0 Å². The van der Waals surface area contributed by atoms with Crippen LogP contribution in [0.15, 0.2) is 23.6 Å². The SMILES string of the molecule is N#CCCN1CCC(C(=O)Nc2nc(-c3ccc4c(c3)OCCO4)cs2)CC1. The summed E-state index contributed by atoms with van der Waals surface area (Å²) in [6.07, 6.45) is 2.17. The quantitative estimate of drug-likeness (QED) is 0.833.